The Balaban J connectivity index is 2.06. The van der Waals surface area contributed by atoms with Crippen molar-refractivity contribution < 1.29 is 4.74 Å². The highest BCUT2D eigenvalue weighted by atomic mass is 16.5. The number of likely N-dealkylation sites (N-methyl/N-ethyl adjacent to an activating group) is 1. The molecule has 1 fully saturated rings. The van der Waals surface area contributed by atoms with Crippen LogP contribution in [0.15, 0.2) is 12.3 Å². The maximum atomic E-state index is 5.36. The first-order chi connectivity index (χ1) is 8.72. The summed E-state index contributed by atoms with van der Waals surface area (Å²) in [6.07, 6.45) is 4.27. The van der Waals surface area contributed by atoms with E-state index in [-0.39, 0.29) is 0 Å². The molecule has 0 saturated carbocycles. The molecule has 1 aliphatic rings. The van der Waals surface area contributed by atoms with Gasteiger partial charge in [-0.15, -0.1) is 0 Å². The number of nitrogens with zero attached hydrogens (tertiary/aromatic N) is 2. The van der Waals surface area contributed by atoms with E-state index in [1.165, 1.54) is 19.4 Å². The summed E-state index contributed by atoms with van der Waals surface area (Å²) in [5, 5.41) is 3.60. The molecule has 18 heavy (non-hydrogen) atoms. The lowest BCUT2D eigenvalue weighted by Crippen LogP contribution is -2.41. The largest absolute Gasteiger partial charge is 0.493 e. The third-order valence-corrected chi connectivity index (χ3v) is 3.54. The summed E-state index contributed by atoms with van der Waals surface area (Å²) < 4.78 is 5.36. The number of likely N-dealkylation sites (tertiary alicyclic amines) is 1. The van der Waals surface area contributed by atoms with E-state index in [2.05, 4.69) is 28.2 Å². The highest BCUT2D eigenvalue weighted by Gasteiger charge is 2.19. The topological polar surface area (TPSA) is 37.4 Å². The van der Waals surface area contributed by atoms with E-state index in [0.717, 1.165) is 30.2 Å². The number of nitrogens with one attached hydrogen (secondary N) is 1. The van der Waals surface area contributed by atoms with Crippen LogP contribution in [0.1, 0.15) is 25.5 Å². The van der Waals surface area contributed by atoms with Crippen molar-refractivity contribution in [3.8, 4) is 5.75 Å². The summed E-state index contributed by atoms with van der Waals surface area (Å²) in [5.41, 5.74) is 2.08. The standard InChI is InChI=1S/C14H23N3O/c1-4-17-7-5-6-12(10-17)16-13-8-11(2)15-9-14(13)18-3/h8-9,12H,4-7,10H2,1-3H3,(H,15,16). The van der Waals surface area contributed by atoms with Gasteiger partial charge in [0.25, 0.3) is 0 Å². The summed E-state index contributed by atoms with van der Waals surface area (Å²) in [6, 6.07) is 2.57. The predicted octanol–water partition coefficient (Wildman–Crippen LogP) is 2.29. The normalized spacial score (nSPS) is 20.7. The third kappa shape index (κ3) is 3.13. The summed E-state index contributed by atoms with van der Waals surface area (Å²) in [6.45, 7) is 7.69. The monoisotopic (exact) mass is 249 g/mol. The second-order valence-corrected chi connectivity index (χ2v) is 4.90. The SMILES string of the molecule is CCN1CCCC(Nc2cc(C)ncc2OC)C1. The van der Waals surface area contributed by atoms with Crippen LogP contribution in [0.2, 0.25) is 0 Å². The minimum Gasteiger partial charge on any atom is -0.493 e. The molecule has 4 nitrogen and oxygen atoms in total. The van der Waals surface area contributed by atoms with Crippen molar-refractivity contribution in [1.82, 2.24) is 9.88 Å². The van der Waals surface area contributed by atoms with Crippen molar-refractivity contribution >= 4 is 5.69 Å². The fourth-order valence-corrected chi connectivity index (χ4v) is 2.50. The van der Waals surface area contributed by atoms with E-state index < -0.39 is 0 Å². The Hall–Kier alpha value is -1.29. The number of hydrogen-bond acceptors (Lipinski definition) is 4. The van der Waals surface area contributed by atoms with Crippen molar-refractivity contribution in [1.29, 1.82) is 0 Å². The highest BCUT2D eigenvalue weighted by molar-refractivity contribution is 5.56. The number of aryl methyl sites for hydroxylation is 1. The molecule has 1 atom stereocenters. The van der Waals surface area contributed by atoms with Crippen molar-refractivity contribution in [2.45, 2.75) is 32.7 Å². The van der Waals surface area contributed by atoms with Crippen LogP contribution >= 0.6 is 0 Å². The average Bonchev–Trinajstić information content (AvgIpc) is 2.39. The first-order valence-electron chi connectivity index (χ1n) is 6.72. The van der Waals surface area contributed by atoms with Gasteiger partial charge in [0.05, 0.1) is 19.0 Å². The number of ether oxygens (including phenoxy) is 1. The van der Waals surface area contributed by atoms with Gasteiger partial charge in [-0.05, 0) is 38.9 Å². The molecule has 0 amide bonds. The van der Waals surface area contributed by atoms with Crippen LogP contribution in [0, 0.1) is 6.92 Å². The lowest BCUT2D eigenvalue weighted by Gasteiger charge is -2.33. The molecule has 0 bridgehead atoms. The van der Waals surface area contributed by atoms with Gasteiger partial charge in [-0.2, -0.15) is 0 Å². The van der Waals surface area contributed by atoms with Gasteiger partial charge in [0.15, 0.2) is 5.75 Å². The molecule has 1 aliphatic heterocycles. The Bertz CT molecular complexity index is 395. The smallest absolute Gasteiger partial charge is 0.160 e. The number of methoxy groups -OCH3 is 1. The van der Waals surface area contributed by atoms with Gasteiger partial charge in [0, 0.05) is 18.3 Å². The quantitative estimate of drug-likeness (QED) is 0.888. The van der Waals surface area contributed by atoms with Gasteiger partial charge < -0.3 is 15.0 Å². The van der Waals surface area contributed by atoms with Gasteiger partial charge in [0.1, 0.15) is 0 Å². The summed E-state index contributed by atoms with van der Waals surface area (Å²) in [5.74, 6) is 0.828. The summed E-state index contributed by atoms with van der Waals surface area (Å²) in [4.78, 5) is 6.75. The molecule has 1 aromatic rings. The highest BCUT2D eigenvalue weighted by Crippen LogP contribution is 2.26. The molecule has 0 spiro atoms. The van der Waals surface area contributed by atoms with E-state index in [1.807, 2.05) is 6.92 Å². The zero-order chi connectivity index (χ0) is 13.0. The van der Waals surface area contributed by atoms with Gasteiger partial charge in [-0.3, -0.25) is 4.98 Å². The second kappa shape index (κ2) is 6.05. The fraction of sp³-hybridized carbons (Fsp3) is 0.643. The predicted molar refractivity (Wildman–Crippen MR) is 74.3 cm³/mol. The Morgan fingerprint density at radius 1 is 1.56 bits per heavy atom. The van der Waals surface area contributed by atoms with Gasteiger partial charge >= 0.3 is 0 Å². The van der Waals surface area contributed by atoms with Crippen LogP contribution in [0.3, 0.4) is 0 Å². The molecule has 0 radical (unpaired) electrons. The molecule has 100 valence electrons. The number of anilines is 1. The van der Waals surface area contributed by atoms with E-state index in [4.69, 9.17) is 4.74 Å². The summed E-state index contributed by atoms with van der Waals surface area (Å²) >= 11 is 0. The molecule has 1 unspecified atom stereocenters. The summed E-state index contributed by atoms with van der Waals surface area (Å²) in [7, 11) is 1.69. The Labute approximate surface area is 109 Å². The Kier molecular flexibility index (Phi) is 4.42. The fourth-order valence-electron chi connectivity index (χ4n) is 2.50. The zero-order valence-corrected chi connectivity index (χ0v) is 11.6. The second-order valence-electron chi connectivity index (χ2n) is 4.90. The minimum absolute atomic E-state index is 0.509. The maximum Gasteiger partial charge on any atom is 0.160 e. The van der Waals surface area contributed by atoms with Gasteiger partial charge in [-0.25, -0.2) is 0 Å². The van der Waals surface area contributed by atoms with Crippen LogP contribution < -0.4 is 10.1 Å². The van der Waals surface area contributed by atoms with Crippen LogP contribution in [-0.2, 0) is 0 Å². The molecule has 1 aromatic heterocycles. The molecule has 2 heterocycles. The van der Waals surface area contributed by atoms with Crippen molar-refractivity contribution in [2.75, 3.05) is 32.1 Å². The molecule has 1 N–H and O–H groups in total. The Morgan fingerprint density at radius 2 is 2.39 bits per heavy atom. The number of rotatable bonds is 4. The maximum absolute atomic E-state index is 5.36. The molecule has 0 aliphatic carbocycles. The lowest BCUT2D eigenvalue weighted by molar-refractivity contribution is 0.226. The van der Waals surface area contributed by atoms with E-state index in [9.17, 15) is 0 Å². The van der Waals surface area contributed by atoms with E-state index in [1.54, 1.807) is 13.3 Å². The van der Waals surface area contributed by atoms with Gasteiger partial charge in [0.2, 0.25) is 0 Å². The Morgan fingerprint density at radius 3 is 3.11 bits per heavy atom. The van der Waals surface area contributed by atoms with Crippen molar-refractivity contribution in [2.24, 2.45) is 0 Å². The first kappa shape index (κ1) is 13.1. The van der Waals surface area contributed by atoms with Crippen LogP contribution in [0.4, 0.5) is 5.69 Å². The molecular formula is C14H23N3O. The van der Waals surface area contributed by atoms with Crippen LogP contribution in [-0.4, -0.2) is 42.7 Å². The number of piperidine rings is 1. The first-order valence-corrected chi connectivity index (χ1v) is 6.72. The average molecular weight is 249 g/mol. The van der Waals surface area contributed by atoms with E-state index >= 15 is 0 Å². The van der Waals surface area contributed by atoms with Gasteiger partial charge in [-0.1, -0.05) is 6.92 Å². The third-order valence-electron chi connectivity index (χ3n) is 3.54. The zero-order valence-electron chi connectivity index (χ0n) is 11.6. The molecular weight excluding hydrogens is 226 g/mol. The molecule has 4 heteroatoms. The van der Waals surface area contributed by atoms with Crippen LogP contribution in [0.25, 0.3) is 0 Å². The molecule has 2 rings (SSSR count). The lowest BCUT2D eigenvalue weighted by atomic mass is 10.1. The molecule has 0 aromatic carbocycles. The van der Waals surface area contributed by atoms with Crippen molar-refractivity contribution in [3.05, 3.63) is 18.0 Å². The minimum atomic E-state index is 0.509. The molecule has 1 saturated heterocycles. The number of hydrogen-bond donors (Lipinski definition) is 1. The van der Waals surface area contributed by atoms with Crippen molar-refractivity contribution in [3.63, 3.8) is 0 Å². The number of pyridine rings is 1. The van der Waals surface area contributed by atoms with Crippen LogP contribution in [0.5, 0.6) is 5.75 Å². The number of aromatic nitrogens is 1. The van der Waals surface area contributed by atoms with E-state index in [0.29, 0.717) is 6.04 Å².